The largest absolute Gasteiger partial charge is 0.356 e. The van der Waals surface area contributed by atoms with Gasteiger partial charge in [-0.15, -0.1) is 20.4 Å². The van der Waals surface area contributed by atoms with Crippen LogP contribution in [0.2, 0.25) is 0 Å². The quantitative estimate of drug-likeness (QED) is 0.480. The zero-order valence-electron chi connectivity index (χ0n) is 14.7. The Morgan fingerprint density at radius 2 is 1.96 bits per heavy atom. The summed E-state index contributed by atoms with van der Waals surface area (Å²) < 4.78 is 7.72. The number of rotatable bonds is 3. The van der Waals surface area contributed by atoms with Crippen molar-refractivity contribution in [3.05, 3.63) is 12.2 Å². The molecule has 1 aliphatic heterocycles. The highest BCUT2D eigenvalue weighted by atomic mass is 32.1. The summed E-state index contributed by atoms with van der Waals surface area (Å²) in [5, 5.41) is 24.2. The molecule has 0 unspecified atom stereocenters. The first-order valence-corrected chi connectivity index (χ1v) is 9.92. The first-order chi connectivity index (χ1) is 13.8. The van der Waals surface area contributed by atoms with Gasteiger partial charge in [0, 0.05) is 0 Å². The Morgan fingerprint density at radius 1 is 1.04 bits per heavy atom. The number of ether oxygens (including phenoxy) is 1. The lowest BCUT2D eigenvalue weighted by atomic mass is 9.93. The van der Waals surface area contributed by atoms with Crippen LogP contribution in [0.3, 0.4) is 0 Å². The van der Waals surface area contributed by atoms with E-state index in [1.165, 1.54) is 24.2 Å². The number of anilines is 1. The first kappa shape index (κ1) is 16.1. The van der Waals surface area contributed by atoms with E-state index in [2.05, 4.69) is 50.7 Å². The molecular weight excluding hydrogens is 382 g/mol. The maximum Gasteiger partial charge on any atom is 0.223 e. The van der Waals surface area contributed by atoms with Crippen molar-refractivity contribution in [2.75, 3.05) is 11.6 Å². The van der Waals surface area contributed by atoms with E-state index in [1.807, 2.05) is 0 Å². The second-order valence-corrected chi connectivity index (χ2v) is 7.86. The second kappa shape index (κ2) is 6.31. The summed E-state index contributed by atoms with van der Waals surface area (Å²) in [5.41, 5.74) is 1.52. The molecule has 4 aromatic heterocycles. The van der Waals surface area contributed by atoms with Gasteiger partial charge < -0.3 is 14.2 Å². The lowest BCUT2D eigenvalue weighted by molar-refractivity contribution is 0.0828. The van der Waals surface area contributed by atoms with E-state index in [-0.39, 0.29) is 0 Å². The predicted molar refractivity (Wildman–Crippen MR) is 97.5 cm³/mol. The van der Waals surface area contributed by atoms with Crippen LogP contribution in [-0.2, 0) is 11.3 Å². The van der Waals surface area contributed by atoms with E-state index in [9.17, 15) is 0 Å². The number of hydrogen-bond donors (Lipinski definition) is 0. The van der Waals surface area contributed by atoms with E-state index in [0.717, 1.165) is 22.8 Å². The van der Waals surface area contributed by atoms with E-state index in [1.54, 1.807) is 10.9 Å². The van der Waals surface area contributed by atoms with Gasteiger partial charge in [-0.3, -0.25) is 0 Å². The van der Waals surface area contributed by atoms with E-state index < -0.39 is 0 Å². The average Bonchev–Trinajstić information content (AvgIpc) is 3.44. The van der Waals surface area contributed by atoms with Crippen LogP contribution in [0, 0.1) is 0 Å². The summed E-state index contributed by atoms with van der Waals surface area (Å²) in [7, 11) is 0. The summed E-state index contributed by atoms with van der Waals surface area (Å²) in [6.07, 6.45) is 6.67. The molecule has 28 heavy (non-hydrogen) atoms. The van der Waals surface area contributed by atoms with Crippen molar-refractivity contribution in [2.45, 2.75) is 44.4 Å². The number of thiazole rings is 1. The minimum atomic E-state index is 0.314. The summed E-state index contributed by atoms with van der Waals surface area (Å²) in [6.45, 7) is 0.945. The monoisotopic (exact) mass is 397 g/mol. The van der Waals surface area contributed by atoms with Crippen molar-refractivity contribution >= 4 is 38.2 Å². The molecule has 1 saturated carbocycles. The van der Waals surface area contributed by atoms with Crippen molar-refractivity contribution in [1.82, 2.24) is 50.3 Å². The maximum absolute atomic E-state index is 5.96. The normalized spacial score (nSPS) is 22.2. The molecule has 0 amide bonds. The number of hydrogen-bond acceptors (Lipinski definition) is 12. The maximum atomic E-state index is 5.96. The van der Waals surface area contributed by atoms with Crippen LogP contribution < -0.4 is 4.90 Å². The van der Waals surface area contributed by atoms with Crippen molar-refractivity contribution in [3.8, 4) is 0 Å². The van der Waals surface area contributed by atoms with Crippen LogP contribution in [0.15, 0.2) is 6.33 Å². The van der Waals surface area contributed by atoms with E-state index in [0.29, 0.717) is 48.2 Å². The third kappa shape index (κ3) is 2.57. The molecule has 4 aromatic rings. The molecule has 0 N–H and O–H groups in total. The first-order valence-electron chi connectivity index (χ1n) is 9.10. The molecule has 6 rings (SSSR count). The Balaban J connectivity index is 1.30. The van der Waals surface area contributed by atoms with Crippen LogP contribution in [0.25, 0.3) is 21.8 Å². The van der Waals surface area contributed by atoms with Gasteiger partial charge in [0.1, 0.15) is 6.73 Å². The highest BCUT2D eigenvalue weighted by molar-refractivity contribution is 7.21. The molecule has 2 fully saturated rings. The van der Waals surface area contributed by atoms with Crippen molar-refractivity contribution in [1.29, 1.82) is 0 Å². The molecule has 2 atom stereocenters. The number of aromatic nitrogens is 10. The molecule has 1 aliphatic carbocycles. The predicted octanol–water partition coefficient (Wildman–Crippen LogP) is 0.565. The lowest BCUT2D eigenvalue weighted by Crippen LogP contribution is -2.37. The van der Waals surface area contributed by atoms with Crippen LogP contribution >= 0.6 is 11.3 Å². The highest BCUT2D eigenvalue weighted by Crippen LogP contribution is 2.36. The topological polar surface area (TPSA) is 133 Å². The summed E-state index contributed by atoms with van der Waals surface area (Å²) in [6, 6.07) is 0.402. The fourth-order valence-corrected chi connectivity index (χ4v) is 4.83. The van der Waals surface area contributed by atoms with Gasteiger partial charge in [0.05, 0.1) is 25.0 Å². The summed E-state index contributed by atoms with van der Waals surface area (Å²) >= 11 is 1.53. The van der Waals surface area contributed by atoms with Gasteiger partial charge >= 0.3 is 0 Å². The van der Waals surface area contributed by atoms with Gasteiger partial charge in [0.15, 0.2) is 15.8 Å². The molecule has 142 valence electrons. The molecule has 12 nitrogen and oxygen atoms in total. The molecule has 13 heteroatoms. The van der Waals surface area contributed by atoms with Gasteiger partial charge in [-0.05, 0) is 23.3 Å². The fourth-order valence-electron chi connectivity index (χ4n) is 3.89. The Kier molecular flexibility index (Phi) is 3.62. The third-order valence-corrected chi connectivity index (χ3v) is 6.21. The standard InChI is InChI=1S/C15H15N11OS/c1-2-4-9-8(3-1)26(7-27-9)15-18-12-14(28-15)17-10(19-20-12)5-25-6-16-11-13(25)22-24-23-21-11/h6,8-9H,1-5,7H2/t8-,9-/m1/s1. The molecule has 0 spiro atoms. The van der Waals surface area contributed by atoms with Crippen LogP contribution in [0.5, 0.6) is 0 Å². The molecule has 0 aromatic carbocycles. The zero-order chi connectivity index (χ0) is 18.5. The van der Waals surface area contributed by atoms with Crippen molar-refractivity contribution < 1.29 is 4.74 Å². The lowest BCUT2D eigenvalue weighted by Gasteiger charge is -2.28. The molecule has 5 heterocycles. The minimum absolute atomic E-state index is 0.314. The Morgan fingerprint density at radius 3 is 2.96 bits per heavy atom. The molecule has 1 saturated heterocycles. The van der Waals surface area contributed by atoms with Gasteiger partial charge in [0.25, 0.3) is 0 Å². The SMILES string of the molecule is c1nc2nnnnc2n1Cc1nnc2nc(N3CO[C@@H]4CCCC[C@H]43)sc2n1. The van der Waals surface area contributed by atoms with E-state index in [4.69, 9.17) is 4.74 Å². The zero-order valence-corrected chi connectivity index (χ0v) is 15.5. The Labute approximate surface area is 162 Å². The highest BCUT2D eigenvalue weighted by Gasteiger charge is 2.38. The van der Waals surface area contributed by atoms with E-state index >= 15 is 0 Å². The smallest absolute Gasteiger partial charge is 0.223 e. The van der Waals surface area contributed by atoms with Gasteiger partial charge in [-0.2, -0.15) is 4.98 Å². The van der Waals surface area contributed by atoms with Crippen LogP contribution in [-0.4, -0.2) is 69.2 Å². The third-order valence-electron chi connectivity index (χ3n) is 5.24. The fraction of sp³-hybridized carbons (Fsp3) is 0.533. The second-order valence-electron chi connectivity index (χ2n) is 6.91. The average molecular weight is 397 g/mol. The van der Waals surface area contributed by atoms with Gasteiger partial charge in [-0.25, -0.2) is 9.97 Å². The van der Waals surface area contributed by atoms with Crippen LogP contribution in [0.1, 0.15) is 31.5 Å². The molecular formula is C15H15N11OS. The number of imidazole rings is 1. The van der Waals surface area contributed by atoms with Crippen molar-refractivity contribution in [2.24, 2.45) is 0 Å². The summed E-state index contributed by atoms with van der Waals surface area (Å²) in [4.78, 5) is 16.4. The van der Waals surface area contributed by atoms with Crippen LogP contribution in [0.4, 0.5) is 5.13 Å². The van der Waals surface area contributed by atoms with Gasteiger partial charge in [0.2, 0.25) is 16.9 Å². The molecule has 0 radical (unpaired) electrons. The van der Waals surface area contributed by atoms with Crippen molar-refractivity contribution in [3.63, 3.8) is 0 Å². The molecule has 2 aliphatic rings. The van der Waals surface area contributed by atoms with Gasteiger partial charge in [-0.1, -0.05) is 24.2 Å². The minimum Gasteiger partial charge on any atom is -0.356 e. The number of nitrogens with zero attached hydrogens (tertiary/aromatic N) is 11. The summed E-state index contributed by atoms with van der Waals surface area (Å²) in [5.74, 6) is 0.550. The number of fused-ring (bicyclic) bond motifs is 3. The Hall–Kier alpha value is -2.93. The Bertz CT molecular complexity index is 1160. The molecule has 0 bridgehead atoms.